The first-order valence-corrected chi connectivity index (χ1v) is 17.8. The Morgan fingerprint density at radius 3 is 1.49 bits per heavy atom. The van der Waals surface area contributed by atoms with Crippen molar-refractivity contribution in [3.05, 3.63) is 143 Å². The Balaban J connectivity index is 1.30. The van der Waals surface area contributed by atoms with Crippen LogP contribution in [0.15, 0.2) is 103 Å². The lowest BCUT2D eigenvalue weighted by molar-refractivity contribution is 0.348. The number of halogens is 2. The molecular formula is C45H48F2. The molecule has 0 spiro atoms. The molecule has 1 fully saturated rings. The molecule has 0 heterocycles. The molecule has 0 atom stereocenters. The van der Waals surface area contributed by atoms with Crippen LogP contribution < -0.4 is 0 Å². The summed E-state index contributed by atoms with van der Waals surface area (Å²) in [6.07, 6.45) is 10.5. The molecule has 0 bridgehead atoms. The summed E-state index contributed by atoms with van der Waals surface area (Å²) in [6.45, 7) is 6.69. The highest BCUT2D eigenvalue weighted by atomic mass is 19.2. The first kappa shape index (κ1) is 32.9. The summed E-state index contributed by atoms with van der Waals surface area (Å²) >= 11 is 0. The minimum Gasteiger partial charge on any atom is -0.203 e. The van der Waals surface area contributed by atoms with Crippen LogP contribution in [0.25, 0.3) is 33.4 Å². The van der Waals surface area contributed by atoms with Crippen LogP contribution in [0.5, 0.6) is 0 Å². The molecule has 1 saturated carbocycles. The Morgan fingerprint density at radius 1 is 0.511 bits per heavy atom. The van der Waals surface area contributed by atoms with Crippen LogP contribution in [0.4, 0.5) is 8.78 Å². The van der Waals surface area contributed by atoms with Crippen molar-refractivity contribution in [2.75, 3.05) is 0 Å². The normalized spacial score (nSPS) is 16.4. The number of rotatable bonds is 11. The van der Waals surface area contributed by atoms with Crippen molar-refractivity contribution in [2.45, 2.75) is 90.9 Å². The van der Waals surface area contributed by atoms with E-state index in [0.29, 0.717) is 29.0 Å². The fourth-order valence-corrected chi connectivity index (χ4v) is 7.35. The lowest BCUT2D eigenvalue weighted by atomic mass is 9.79. The molecule has 2 heteroatoms. The Bertz CT molecular complexity index is 1740. The van der Waals surface area contributed by atoms with E-state index in [1.54, 1.807) is 0 Å². The van der Waals surface area contributed by atoms with E-state index in [1.807, 2.05) is 42.5 Å². The predicted octanol–water partition coefficient (Wildman–Crippen LogP) is 12.9. The van der Waals surface area contributed by atoms with Gasteiger partial charge in [0.2, 0.25) is 0 Å². The van der Waals surface area contributed by atoms with E-state index in [1.165, 1.54) is 59.1 Å². The third-order valence-corrected chi connectivity index (χ3v) is 10.2. The minimum absolute atomic E-state index is 0.333. The fraction of sp³-hybridized carbons (Fsp3) is 0.333. The topological polar surface area (TPSA) is 0 Å². The molecule has 1 aliphatic rings. The Kier molecular flexibility index (Phi) is 10.7. The van der Waals surface area contributed by atoms with Gasteiger partial charge in [-0.3, -0.25) is 0 Å². The van der Waals surface area contributed by atoms with E-state index in [4.69, 9.17) is 0 Å². The molecule has 5 aromatic rings. The number of hydrogen-bond acceptors (Lipinski definition) is 0. The molecule has 0 amide bonds. The summed E-state index contributed by atoms with van der Waals surface area (Å²) < 4.78 is 32.2. The first-order valence-electron chi connectivity index (χ1n) is 17.8. The number of benzene rings is 5. The van der Waals surface area contributed by atoms with Crippen molar-refractivity contribution in [1.29, 1.82) is 0 Å². The van der Waals surface area contributed by atoms with Crippen LogP contribution in [0, 0.1) is 17.6 Å². The lowest BCUT2D eigenvalue weighted by Crippen LogP contribution is -2.10. The molecule has 0 aromatic heterocycles. The van der Waals surface area contributed by atoms with Crippen molar-refractivity contribution in [2.24, 2.45) is 5.92 Å². The maximum absolute atomic E-state index is 16.3. The molecule has 242 valence electrons. The predicted molar refractivity (Wildman–Crippen MR) is 195 cm³/mol. The fourth-order valence-electron chi connectivity index (χ4n) is 7.35. The number of aryl methyl sites for hydroxylation is 4. The molecule has 1 aliphatic carbocycles. The third kappa shape index (κ3) is 7.75. The SMILES string of the molecule is CCCc1ccc(-c2ccc(CCc3cc(-c4ccc(CCC)cc4)c(F)c(F)c3-c3ccc(C4CCC(C)CC4)cc3)cc2)cc1. The zero-order valence-electron chi connectivity index (χ0n) is 28.3. The molecule has 0 N–H and O–H groups in total. The molecule has 6 rings (SSSR count). The third-order valence-electron chi connectivity index (χ3n) is 10.2. The van der Waals surface area contributed by atoms with Gasteiger partial charge in [-0.2, -0.15) is 0 Å². The van der Waals surface area contributed by atoms with Gasteiger partial charge in [0.1, 0.15) is 0 Å². The van der Waals surface area contributed by atoms with Gasteiger partial charge in [0.15, 0.2) is 11.6 Å². The summed E-state index contributed by atoms with van der Waals surface area (Å²) in [5.41, 5.74) is 10.5. The van der Waals surface area contributed by atoms with Crippen molar-refractivity contribution >= 4 is 0 Å². The molecule has 0 saturated heterocycles. The molecule has 47 heavy (non-hydrogen) atoms. The average Bonchev–Trinajstić information content (AvgIpc) is 3.10. The van der Waals surface area contributed by atoms with Crippen LogP contribution in [-0.4, -0.2) is 0 Å². The highest BCUT2D eigenvalue weighted by Crippen LogP contribution is 2.39. The van der Waals surface area contributed by atoms with Crippen LogP contribution in [-0.2, 0) is 25.7 Å². The quantitative estimate of drug-likeness (QED) is 0.137. The maximum Gasteiger partial charge on any atom is 0.167 e. The van der Waals surface area contributed by atoms with Gasteiger partial charge >= 0.3 is 0 Å². The van der Waals surface area contributed by atoms with E-state index < -0.39 is 11.6 Å². The first-order chi connectivity index (χ1) is 22.9. The highest BCUT2D eigenvalue weighted by molar-refractivity contribution is 5.75. The average molecular weight is 627 g/mol. The van der Waals surface area contributed by atoms with Gasteiger partial charge in [-0.05, 0) is 106 Å². The van der Waals surface area contributed by atoms with Crippen molar-refractivity contribution in [1.82, 2.24) is 0 Å². The van der Waals surface area contributed by atoms with Crippen LogP contribution in [0.3, 0.4) is 0 Å². The molecular weight excluding hydrogens is 578 g/mol. The van der Waals surface area contributed by atoms with Gasteiger partial charge in [0, 0.05) is 11.1 Å². The Labute approximate surface area is 280 Å². The standard InChI is InChI=1S/C45H48F2/c1-4-6-32-10-19-36(20-11-32)37-21-12-34(13-22-37)16-25-41-30-42(39-23-14-33(7-5-2)15-24-39)44(46)45(47)43(41)40-28-26-38(27-29-40)35-17-8-31(3)9-18-35/h10-15,19-24,26-31,35H,4-9,16-18,25H2,1-3H3. The van der Waals surface area contributed by atoms with Crippen molar-refractivity contribution in [3.8, 4) is 33.4 Å². The Morgan fingerprint density at radius 2 is 0.979 bits per heavy atom. The van der Waals surface area contributed by atoms with Gasteiger partial charge in [-0.15, -0.1) is 0 Å². The Hall–Kier alpha value is -4.04. The van der Waals surface area contributed by atoms with Gasteiger partial charge in [-0.1, -0.05) is 144 Å². The molecule has 0 unspecified atom stereocenters. The van der Waals surface area contributed by atoms with Gasteiger partial charge in [0.25, 0.3) is 0 Å². The summed E-state index contributed by atoms with van der Waals surface area (Å²) in [6, 6.07) is 35.6. The monoisotopic (exact) mass is 626 g/mol. The summed E-state index contributed by atoms with van der Waals surface area (Å²) in [7, 11) is 0. The molecule has 5 aromatic carbocycles. The summed E-state index contributed by atoms with van der Waals surface area (Å²) in [5, 5.41) is 0. The van der Waals surface area contributed by atoms with Crippen LogP contribution >= 0.6 is 0 Å². The van der Waals surface area contributed by atoms with Gasteiger partial charge < -0.3 is 0 Å². The summed E-state index contributed by atoms with van der Waals surface area (Å²) in [5.74, 6) is -0.181. The smallest absolute Gasteiger partial charge is 0.167 e. The second-order valence-corrected chi connectivity index (χ2v) is 13.8. The molecule has 0 radical (unpaired) electrons. The summed E-state index contributed by atoms with van der Waals surface area (Å²) in [4.78, 5) is 0. The van der Waals surface area contributed by atoms with Crippen LogP contribution in [0.1, 0.15) is 93.0 Å². The zero-order chi connectivity index (χ0) is 32.8. The lowest BCUT2D eigenvalue weighted by Gasteiger charge is -2.26. The van der Waals surface area contributed by atoms with E-state index in [2.05, 4.69) is 81.4 Å². The molecule has 0 aliphatic heterocycles. The van der Waals surface area contributed by atoms with Crippen molar-refractivity contribution in [3.63, 3.8) is 0 Å². The van der Waals surface area contributed by atoms with E-state index in [-0.39, 0.29) is 0 Å². The minimum atomic E-state index is -0.772. The van der Waals surface area contributed by atoms with E-state index >= 15 is 8.78 Å². The van der Waals surface area contributed by atoms with Crippen molar-refractivity contribution < 1.29 is 8.78 Å². The zero-order valence-corrected chi connectivity index (χ0v) is 28.3. The largest absolute Gasteiger partial charge is 0.203 e. The van der Waals surface area contributed by atoms with Gasteiger partial charge in [-0.25, -0.2) is 8.78 Å². The van der Waals surface area contributed by atoms with E-state index in [9.17, 15) is 0 Å². The van der Waals surface area contributed by atoms with E-state index in [0.717, 1.165) is 49.1 Å². The molecule has 0 nitrogen and oxygen atoms in total. The highest BCUT2D eigenvalue weighted by Gasteiger charge is 2.23. The maximum atomic E-state index is 16.3. The second-order valence-electron chi connectivity index (χ2n) is 13.8. The van der Waals surface area contributed by atoms with Gasteiger partial charge in [0.05, 0.1) is 0 Å². The second kappa shape index (κ2) is 15.2. The number of hydrogen-bond donors (Lipinski definition) is 0. The van der Waals surface area contributed by atoms with Crippen LogP contribution in [0.2, 0.25) is 0 Å².